The molecule has 0 aromatic heterocycles. The lowest BCUT2D eigenvalue weighted by atomic mass is 9.95. The number of hydrogen-bond acceptors (Lipinski definition) is 2. The highest BCUT2D eigenvalue weighted by Crippen LogP contribution is 2.30. The largest absolute Gasteiger partial charge is 0.416 e. The molecule has 0 unspecified atom stereocenters. The van der Waals surface area contributed by atoms with Crippen molar-refractivity contribution >= 4 is 30.0 Å². The number of benzene rings is 2. The van der Waals surface area contributed by atoms with Gasteiger partial charge in [0.1, 0.15) is 0 Å². The van der Waals surface area contributed by atoms with Crippen LogP contribution in [0, 0.1) is 5.41 Å². The maximum Gasteiger partial charge on any atom is 0.416 e. The van der Waals surface area contributed by atoms with Crippen LogP contribution in [0.4, 0.5) is 26.3 Å². The lowest BCUT2D eigenvalue weighted by molar-refractivity contribution is -0.138. The van der Waals surface area contributed by atoms with Gasteiger partial charge in [0, 0.05) is 18.2 Å². The van der Waals surface area contributed by atoms with Crippen LogP contribution in [0.15, 0.2) is 75.9 Å². The molecule has 0 spiro atoms. The molecule has 0 radical (unpaired) electrons. The van der Waals surface area contributed by atoms with Crippen LogP contribution >= 0.6 is 0 Å². The molecule has 3 rings (SSSR count). The molecule has 0 saturated heterocycles. The van der Waals surface area contributed by atoms with E-state index in [-0.39, 0.29) is 11.4 Å². The van der Waals surface area contributed by atoms with Gasteiger partial charge in [0.05, 0.1) is 16.8 Å². The molecule has 0 atom stereocenters. The van der Waals surface area contributed by atoms with Gasteiger partial charge in [-0.2, -0.15) is 26.3 Å². The number of guanidine groups is 1. The van der Waals surface area contributed by atoms with Crippen LogP contribution < -0.4 is 5.32 Å². The Bertz CT molecular complexity index is 1100. The molecule has 184 valence electrons. The molecule has 10 heteroatoms. The molecule has 1 aliphatic rings. The van der Waals surface area contributed by atoms with Gasteiger partial charge in [0.2, 0.25) is 5.96 Å². The molecule has 2 aromatic rings. The summed E-state index contributed by atoms with van der Waals surface area (Å²) in [4.78, 5) is 4.20. The molecule has 4 nitrogen and oxygen atoms in total. The SMILES string of the molecule is CC1(C)C=N/C(=N\N=C(/C=C/c2ccc(C(F)(F)F)cc2)/C=C/c2ccc(C(F)(F)F)cc2)NC1. The second-order valence-electron chi connectivity index (χ2n) is 8.46. The summed E-state index contributed by atoms with van der Waals surface area (Å²) in [6.07, 6.45) is -0.955. The smallest absolute Gasteiger partial charge is 0.352 e. The van der Waals surface area contributed by atoms with Gasteiger partial charge < -0.3 is 5.32 Å². The fraction of sp³-hybridized carbons (Fsp3) is 0.240. The van der Waals surface area contributed by atoms with Crippen LogP contribution in [-0.4, -0.2) is 24.4 Å². The molecule has 0 amide bonds. The van der Waals surface area contributed by atoms with Crippen molar-refractivity contribution in [2.45, 2.75) is 26.2 Å². The van der Waals surface area contributed by atoms with Crippen molar-refractivity contribution in [1.29, 1.82) is 0 Å². The van der Waals surface area contributed by atoms with E-state index in [0.29, 0.717) is 23.4 Å². The van der Waals surface area contributed by atoms with Gasteiger partial charge >= 0.3 is 12.4 Å². The van der Waals surface area contributed by atoms with Gasteiger partial charge in [-0.05, 0) is 47.5 Å². The fourth-order valence-electron chi connectivity index (χ4n) is 2.85. The van der Waals surface area contributed by atoms with E-state index in [0.717, 1.165) is 24.3 Å². The first-order valence-electron chi connectivity index (χ1n) is 10.5. The summed E-state index contributed by atoms with van der Waals surface area (Å²) in [6, 6.07) is 9.15. The third kappa shape index (κ3) is 7.94. The number of allylic oxidation sites excluding steroid dienone is 2. The molecule has 0 bridgehead atoms. The van der Waals surface area contributed by atoms with E-state index in [1.807, 2.05) is 13.8 Å². The maximum absolute atomic E-state index is 12.8. The standard InChI is InChI=1S/C25H22F6N4/c1-23(2)15-32-22(33-16-23)35-34-21(13-7-17-3-9-19(10-4-17)24(26,27)28)14-8-18-5-11-20(12-6-18)25(29,30)31/h3-15H,16H2,1-2H3,(H,33,35)/b13-7+,14-8+. The van der Waals surface area contributed by atoms with Crippen molar-refractivity contribution in [3.8, 4) is 0 Å². The van der Waals surface area contributed by atoms with Crippen LogP contribution in [0.25, 0.3) is 12.2 Å². The summed E-state index contributed by atoms with van der Waals surface area (Å²) in [5.41, 5.74) is -0.369. The molecule has 1 N–H and O–H groups in total. The summed E-state index contributed by atoms with van der Waals surface area (Å²) >= 11 is 0. The Balaban J connectivity index is 1.85. The number of alkyl halides is 6. The van der Waals surface area contributed by atoms with E-state index in [4.69, 9.17) is 0 Å². The van der Waals surface area contributed by atoms with Gasteiger partial charge in [-0.1, -0.05) is 50.3 Å². The van der Waals surface area contributed by atoms with E-state index in [2.05, 4.69) is 20.5 Å². The second-order valence-corrected chi connectivity index (χ2v) is 8.46. The molecule has 0 saturated carbocycles. The molecule has 2 aromatic carbocycles. The minimum atomic E-state index is -4.43. The van der Waals surface area contributed by atoms with Gasteiger partial charge in [0.25, 0.3) is 0 Å². The van der Waals surface area contributed by atoms with E-state index in [1.165, 1.54) is 36.4 Å². The molecule has 1 aliphatic heterocycles. The third-order valence-corrected chi connectivity index (χ3v) is 4.87. The minimum absolute atomic E-state index is 0.142. The molecular weight excluding hydrogens is 470 g/mol. The van der Waals surface area contributed by atoms with Crippen LogP contribution in [0.2, 0.25) is 0 Å². The van der Waals surface area contributed by atoms with Gasteiger partial charge in [-0.25, -0.2) is 4.99 Å². The summed E-state index contributed by atoms with van der Waals surface area (Å²) in [7, 11) is 0. The quantitative estimate of drug-likeness (QED) is 0.277. The number of nitrogens with zero attached hydrogens (tertiary/aromatic N) is 3. The zero-order valence-electron chi connectivity index (χ0n) is 18.8. The number of halogens is 6. The highest BCUT2D eigenvalue weighted by atomic mass is 19.4. The summed E-state index contributed by atoms with van der Waals surface area (Å²) in [6.45, 7) is 4.59. The van der Waals surface area contributed by atoms with Gasteiger partial charge in [0.15, 0.2) is 0 Å². The Morgan fingerprint density at radius 1 is 0.829 bits per heavy atom. The number of aliphatic imine (C=N–C) groups is 1. The number of nitrogens with one attached hydrogen (secondary N) is 1. The van der Waals surface area contributed by atoms with Crippen molar-refractivity contribution < 1.29 is 26.3 Å². The van der Waals surface area contributed by atoms with Crippen molar-refractivity contribution in [1.82, 2.24) is 5.32 Å². The zero-order valence-corrected chi connectivity index (χ0v) is 18.8. The lowest BCUT2D eigenvalue weighted by Crippen LogP contribution is -2.38. The molecule has 0 aliphatic carbocycles. The first-order valence-corrected chi connectivity index (χ1v) is 10.5. The van der Waals surface area contributed by atoms with E-state index in [9.17, 15) is 26.3 Å². The number of hydrogen-bond donors (Lipinski definition) is 1. The summed E-state index contributed by atoms with van der Waals surface area (Å²) in [5, 5.41) is 11.2. The first kappa shape index (κ1) is 25.9. The van der Waals surface area contributed by atoms with E-state index in [1.54, 1.807) is 18.4 Å². The van der Waals surface area contributed by atoms with Crippen molar-refractivity contribution in [3.05, 3.63) is 82.9 Å². The summed E-state index contributed by atoms with van der Waals surface area (Å²) < 4.78 is 76.6. The molecule has 35 heavy (non-hydrogen) atoms. The minimum Gasteiger partial charge on any atom is -0.352 e. The van der Waals surface area contributed by atoms with Gasteiger partial charge in [-0.3, -0.25) is 0 Å². The fourth-order valence-corrected chi connectivity index (χ4v) is 2.85. The highest BCUT2D eigenvalue weighted by Gasteiger charge is 2.30. The summed E-state index contributed by atoms with van der Waals surface area (Å²) in [5.74, 6) is 0.285. The predicted octanol–water partition coefficient (Wildman–Crippen LogP) is 6.86. The highest BCUT2D eigenvalue weighted by molar-refractivity contribution is 6.09. The third-order valence-electron chi connectivity index (χ3n) is 4.87. The Morgan fingerprint density at radius 2 is 1.29 bits per heavy atom. The second kappa shape index (κ2) is 10.3. The average molecular weight is 492 g/mol. The monoisotopic (exact) mass is 492 g/mol. The van der Waals surface area contributed by atoms with Crippen molar-refractivity contribution in [2.24, 2.45) is 20.6 Å². The zero-order chi connectivity index (χ0) is 25.7. The number of rotatable bonds is 5. The Hall–Kier alpha value is -3.69. The normalized spacial score (nSPS) is 17.2. The van der Waals surface area contributed by atoms with Crippen LogP contribution in [0.1, 0.15) is 36.1 Å². The molecule has 0 fully saturated rings. The molecular formula is C25H22F6N4. The first-order chi connectivity index (χ1) is 16.3. The van der Waals surface area contributed by atoms with Crippen molar-refractivity contribution in [2.75, 3.05) is 6.54 Å². The van der Waals surface area contributed by atoms with Crippen molar-refractivity contribution in [3.63, 3.8) is 0 Å². The van der Waals surface area contributed by atoms with Crippen LogP contribution in [0.3, 0.4) is 0 Å². The van der Waals surface area contributed by atoms with Gasteiger partial charge in [-0.15, -0.1) is 10.2 Å². The molecule has 1 heterocycles. The average Bonchev–Trinajstić information content (AvgIpc) is 2.79. The van der Waals surface area contributed by atoms with Crippen LogP contribution in [0.5, 0.6) is 0 Å². The van der Waals surface area contributed by atoms with Crippen LogP contribution in [-0.2, 0) is 12.4 Å². The van der Waals surface area contributed by atoms with E-state index >= 15 is 0 Å². The topological polar surface area (TPSA) is 49.1 Å². The Kier molecular flexibility index (Phi) is 7.62. The Morgan fingerprint density at radius 3 is 1.66 bits per heavy atom. The predicted molar refractivity (Wildman–Crippen MR) is 126 cm³/mol. The Labute approximate surface area is 198 Å². The maximum atomic E-state index is 12.8. The van der Waals surface area contributed by atoms with E-state index < -0.39 is 23.5 Å². The lowest BCUT2D eigenvalue weighted by Gasteiger charge is -2.23.